The Hall–Kier alpha value is -2.22. The first-order valence-corrected chi connectivity index (χ1v) is 10.8. The van der Waals surface area contributed by atoms with Crippen molar-refractivity contribution < 1.29 is 14.3 Å². The van der Waals surface area contributed by atoms with Gasteiger partial charge in [-0.1, -0.05) is 12.8 Å². The van der Waals surface area contributed by atoms with Crippen LogP contribution in [-0.2, 0) is 9.74 Å². The molecule has 156 valence electrons. The zero-order valence-electron chi connectivity index (χ0n) is 16.6. The maximum absolute atomic E-state index is 13.0. The van der Waals surface area contributed by atoms with Gasteiger partial charge in [-0.3, -0.25) is 4.79 Å². The largest absolute Gasteiger partial charge is 0.355 e. The molecule has 1 unspecified atom stereocenters. The van der Waals surface area contributed by atoms with Gasteiger partial charge in [-0.15, -0.1) is 0 Å². The zero-order chi connectivity index (χ0) is 19.8. The van der Waals surface area contributed by atoms with Gasteiger partial charge >= 0.3 is 0 Å². The average molecular weight is 401 g/mol. The number of hydrogen-bond acceptors (Lipinski definition) is 5. The lowest BCUT2D eigenvalue weighted by Gasteiger charge is -2.39. The Morgan fingerprint density at radius 2 is 2.17 bits per heavy atom. The molecule has 3 aliphatic rings. The molecule has 1 amide bonds. The molecule has 0 aromatic carbocycles. The third-order valence-electron chi connectivity index (χ3n) is 7.29. The zero-order valence-corrected chi connectivity index (χ0v) is 16.6. The van der Waals surface area contributed by atoms with Crippen molar-refractivity contribution in [2.75, 3.05) is 24.5 Å². The van der Waals surface area contributed by atoms with E-state index >= 15 is 0 Å². The van der Waals surface area contributed by atoms with Crippen molar-refractivity contribution in [1.82, 2.24) is 20.3 Å². The summed E-state index contributed by atoms with van der Waals surface area (Å²) in [6.07, 6.45) is 10.1. The van der Waals surface area contributed by atoms with E-state index < -0.39 is 6.10 Å². The lowest BCUT2D eigenvalue weighted by molar-refractivity contribution is -0.194. The highest BCUT2D eigenvalue weighted by molar-refractivity contribution is 5.87. The van der Waals surface area contributed by atoms with Crippen LogP contribution in [0.2, 0.25) is 0 Å². The third kappa shape index (κ3) is 3.47. The van der Waals surface area contributed by atoms with E-state index in [2.05, 4.69) is 30.1 Å². The Labute approximate surface area is 169 Å². The monoisotopic (exact) mass is 401 g/mol. The summed E-state index contributed by atoms with van der Waals surface area (Å²) in [5.41, 5.74) is 0.846. The number of carbonyl (C=O) groups is 1. The molecule has 1 aliphatic heterocycles. The molecule has 3 fully saturated rings. The van der Waals surface area contributed by atoms with Gasteiger partial charge in [0.05, 0.1) is 5.39 Å². The minimum atomic E-state index is -0.514. The van der Waals surface area contributed by atoms with Crippen LogP contribution in [0.1, 0.15) is 44.9 Å². The van der Waals surface area contributed by atoms with Crippen molar-refractivity contribution in [3.63, 3.8) is 0 Å². The summed E-state index contributed by atoms with van der Waals surface area (Å²) in [4.78, 5) is 31.4. The van der Waals surface area contributed by atoms with Gasteiger partial charge < -0.3 is 15.2 Å². The summed E-state index contributed by atoms with van der Waals surface area (Å²) in [6, 6.07) is 2.00. The van der Waals surface area contributed by atoms with Gasteiger partial charge in [0, 0.05) is 31.7 Å². The lowest BCUT2D eigenvalue weighted by atomic mass is 9.81. The minimum absolute atomic E-state index is 0.00927. The maximum atomic E-state index is 13.0. The van der Waals surface area contributed by atoms with E-state index in [0.29, 0.717) is 0 Å². The van der Waals surface area contributed by atoms with E-state index in [4.69, 9.17) is 0 Å². The van der Waals surface area contributed by atoms with Gasteiger partial charge in [0.2, 0.25) is 5.91 Å². The number of aromatic amines is 1. The number of rotatable bonds is 6. The highest BCUT2D eigenvalue weighted by Crippen LogP contribution is 2.56. The predicted octanol–water partition coefficient (Wildman–Crippen LogP) is 3.14. The van der Waals surface area contributed by atoms with E-state index in [9.17, 15) is 9.32 Å². The molecule has 0 radical (unpaired) electrons. The van der Waals surface area contributed by atoms with E-state index in [1.807, 2.05) is 12.3 Å². The molecule has 2 N–H and O–H groups in total. The van der Waals surface area contributed by atoms with E-state index in [0.717, 1.165) is 74.9 Å². The molecule has 3 heterocycles. The van der Waals surface area contributed by atoms with Crippen molar-refractivity contribution in [1.29, 1.82) is 0 Å². The number of halogens is 1. The van der Waals surface area contributed by atoms with E-state index in [1.165, 1.54) is 0 Å². The summed E-state index contributed by atoms with van der Waals surface area (Å²) < 4.78 is 13.0. The van der Waals surface area contributed by atoms with E-state index in [-0.39, 0.29) is 29.7 Å². The minimum Gasteiger partial charge on any atom is -0.355 e. The average Bonchev–Trinajstić information content (AvgIpc) is 3.16. The molecule has 8 heteroatoms. The molecule has 2 atom stereocenters. The highest BCUT2D eigenvalue weighted by Gasteiger charge is 2.55. The molecule has 29 heavy (non-hydrogen) atoms. The number of nitrogens with one attached hydrogen (secondary N) is 2. The molecule has 2 aromatic heterocycles. The molecule has 7 nitrogen and oxygen atoms in total. The van der Waals surface area contributed by atoms with Crippen molar-refractivity contribution >= 4 is 22.8 Å². The Balaban J connectivity index is 1.24. The van der Waals surface area contributed by atoms with Crippen LogP contribution in [0.4, 0.5) is 10.3 Å². The van der Waals surface area contributed by atoms with Crippen molar-refractivity contribution in [3.05, 3.63) is 18.6 Å². The molecule has 1 saturated heterocycles. The standard InChI is InChI=1S/C21H28FN5O2/c22-29-17(14-3-1-2-4-14)11-24-20(28)16-6-10-27(12-21(16)7-8-21)19-15-5-9-23-18(15)25-13-26-19/h5,9,13-14,16-17H,1-4,6-8,10-12H2,(H,24,28)(H,23,25,26)/t16-,17?/m1/s1. The third-order valence-corrected chi connectivity index (χ3v) is 7.29. The van der Waals surface area contributed by atoms with Crippen LogP contribution in [0, 0.1) is 17.3 Å². The van der Waals surface area contributed by atoms with Gasteiger partial charge in [-0.05, 0) is 54.0 Å². The summed E-state index contributed by atoms with van der Waals surface area (Å²) in [5.74, 6) is 1.19. The van der Waals surface area contributed by atoms with Crippen LogP contribution in [0.3, 0.4) is 0 Å². The summed E-state index contributed by atoms with van der Waals surface area (Å²) in [6.45, 7) is 1.88. The summed E-state index contributed by atoms with van der Waals surface area (Å²) in [7, 11) is 0. The molecular weight excluding hydrogens is 373 g/mol. The first-order chi connectivity index (χ1) is 14.2. The topological polar surface area (TPSA) is 83.1 Å². The SMILES string of the molecule is O=C(NCC(OF)C1CCCC1)[C@H]1CCN(c2ncnc3[nH]ccc23)CC12CC2. The number of carbonyl (C=O) groups excluding carboxylic acids is 1. The van der Waals surface area contributed by atoms with Gasteiger partial charge in [0.25, 0.3) is 0 Å². The number of piperidine rings is 1. The summed E-state index contributed by atoms with van der Waals surface area (Å²) in [5, 5.41) is 4.02. The van der Waals surface area contributed by atoms with Gasteiger partial charge in [-0.2, -0.15) is 4.94 Å². The molecule has 2 saturated carbocycles. The number of amides is 1. The molecule has 2 aliphatic carbocycles. The Bertz CT molecular complexity index is 877. The molecule has 0 bridgehead atoms. The number of hydrogen-bond donors (Lipinski definition) is 2. The smallest absolute Gasteiger partial charge is 0.223 e. The fourth-order valence-corrected chi connectivity index (χ4v) is 5.45. The Kier molecular flexibility index (Phi) is 4.89. The first-order valence-electron chi connectivity index (χ1n) is 10.8. The van der Waals surface area contributed by atoms with Crippen LogP contribution in [0.25, 0.3) is 11.0 Å². The Morgan fingerprint density at radius 1 is 1.34 bits per heavy atom. The van der Waals surface area contributed by atoms with Gasteiger partial charge in [0.1, 0.15) is 23.9 Å². The molecular formula is C21H28FN5O2. The maximum Gasteiger partial charge on any atom is 0.223 e. The van der Waals surface area contributed by atoms with Crippen LogP contribution < -0.4 is 10.2 Å². The Morgan fingerprint density at radius 3 is 2.93 bits per heavy atom. The molecule has 2 aromatic rings. The van der Waals surface area contributed by atoms with Crippen LogP contribution >= 0.6 is 0 Å². The van der Waals surface area contributed by atoms with Crippen molar-refractivity contribution in [2.45, 2.75) is 51.0 Å². The second-order valence-corrected chi connectivity index (χ2v) is 8.98. The number of nitrogens with zero attached hydrogens (tertiary/aromatic N) is 3. The van der Waals surface area contributed by atoms with Crippen molar-refractivity contribution in [3.8, 4) is 0 Å². The quantitative estimate of drug-likeness (QED) is 0.777. The molecule has 1 spiro atoms. The lowest BCUT2D eigenvalue weighted by Crippen LogP contribution is -2.49. The second kappa shape index (κ2) is 7.55. The second-order valence-electron chi connectivity index (χ2n) is 8.98. The van der Waals surface area contributed by atoms with Crippen LogP contribution in [-0.4, -0.2) is 46.6 Å². The first kappa shape index (κ1) is 18.8. The number of H-pyrrole nitrogens is 1. The fourth-order valence-electron chi connectivity index (χ4n) is 5.45. The predicted molar refractivity (Wildman–Crippen MR) is 107 cm³/mol. The number of anilines is 1. The van der Waals surface area contributed by atoms with Crippen LogP contribution in [0.15, 0.2) is 18.6 Å². The number of aromatic nitrogens is 3. The normalized spacial score (nSPS) is 24.9. The van der Waals surface area contributed by atoms with Gasteiger partial charge in [-0.25, -0.2) is 9.97 Å². The molecule has 5 rings (SSSR count). The van der Waals surface area contributed by atoms with E-state index in [1.54, 1.807) is 6.33 Å². The van der Waals surface area contributed by atoms with Crippen LogP contribution in [0.5, 0.6) is 0 Å². The highest BCUT2D eigenvalue weighted by atomic mass is 19.3. The number of fused-ring (bicyclic) bond motifs is 1. The summed E-state index contributed by atoms with van der Waals surface area (Å²) >= 11 is 0. The van der Waals surface area contributed by atoms with Gasteiger partial charge in [0.15, 0.2) is 0 Å². The fraction of sp³-hybridized carbons (Fsp3) is 0.667. The van der Waals surface area contributed by atoms with Crippen molar-refractivity contribution in [2.24, 2.45) is 17.3 Å².